The number of hydrogen-bond acceptors (Lipinski definition) is 14. The normalized spacial score (nSPS) is 18.5. The Hall–Kier alpha value is -8.19. The fraction of sp³-hybridized carbons (Fsp3) is 0.424. The van der Waals surface area contributed by atoms with Crippen LogP contribution < -0.4 is 35.1 Å². The van der Waals surface area contributed by atoms with Crippen molar-refractivity contribution >= 4 is 75.8 Å². The largest absolute Gasteiger partial charge is 0.493 e. The summed E-state index contributed by atoms with van der Waals surface area (Å²) in [6.45, 7) is 7.74. The molecule has 6 amide bonds. The van der Waals surface area contributed by atoms with Gasteiger partial charge in [0.05, 0.1) is 53.0 Å². The summed E-state index contributed by atoms with van der Waals surface area (Å²) in [6, 6.07) is 28.5. The highest BCUT2D eigenvalue weighted by molar-refractivity contribution is 8.00. The number of aryl methyl sites for hydroxylation is 1. The molecule has 3 N–H and O–H groups in total. The minimum atomic E-state index is -0.861. The van der Waals surface area contributed by atoms with Gasteiger partial charge < -0.3 is 44.9 Å². The topological polar surface area (TPSA) is 213 Å². The highest BCUT2D eigenvalue weighted by Crippen LogP contribution is 2.41. The highest BCUT2D eigenvalue weighted by Gasteiger charge is 2.39. The number of carbonyl (C=O) groups is 8. The monoisotopic (exact) mass is 1170 g/mol. The number of rotatable bonds is 23. The van der Waals surface area contributed by atoms with Crippen LogP contribution in [0.5, 0.6) is 17.2 Å². The van der Waals surface area contributed by atoms with Gasteiger partial charge in [-0.2, -0.15) is 11.8 Å². The number of fused-ring (bicyclic) bond motifs is 6. The molecule has 1 saturated heterocycles. The minimum absolute atomic E-state index is 0.00526. The molecule has 5 aliphatic heterocycles. The van der Waals surface area contributed by atoms with Crippen molar-refractivity contribution in [2.75, 3.05) is 55.6 Å². The van der Waals surface area contributed by atoms with E-state index in [4.69, 9.17) is 14.2 Å². The number of Topliss-reactive ketones (excluding diaryl/α,β-unsaturated/α-hetero) is 2. The first-order chi connectivity index (χ1) is 40.9. The molecule has 19 heteroatoms. The van der Waals surface area contributed by atoms with E-state index < -0.39 is 17.9 Å². The second kappa shape index (κ2) is 26.4. The molecule has 85 heavy (non-hydrogen) atoms. The summed E-state index contributed by atoms with van der Waals surface area (Å²) < 4.78 is 19.0. The lowest BCUT2D eigenvalue weighted by molar-refractivity contribution is -0.138. The molecule has 5 atom stereocenters. The van der Waals surface area contributed by atoms with Crippen molar-refractivity contribution in [3.05, 3.63) is 141 Å². The quantitative estimate of drug-likeness (QED) is 0.0413. The highest BCUT2D eigenvalue weighted by atomic mass is 32.2. The molecule has 18 nitrogen and oxygen atoms in total. The molecule has 0 spiro atoms. The number of carbonyl (C=O) groups excluding carboxylic acids is 8. The summed E-state index contributed by atoms with van der Waals surface area (Å²) in [4.78, 5) is 113. The molecule has 0 aliphatic carbocycles. The zero-order valence-corrected chi connectivity index (χ0v) is 50.1. The van der Waals surface area contributed by atoms with Gasteiger partial charge in [0, 0.05) is 95.6 Å². The number of likely N-dealkylation sites (N-methyl/N-ethyl adjacent to an activating group) is 1. The van der Waals surface area contributed by atoms with Gasteiger partial charge in [-0.1, -0.05) is 55.5 Å². The molecule has 0 radical (unpaired) electrons. The van der Waals surface area contributed by atoms with Gasteiger partial charge in [0.1, 0.15) is 24.7 Å². The Labute approximate surface area is 500 Å². The molecule has 0 saturated carbocycles. The summed E-state index contributed by atoms with van der Waals surface area (Å²) in [7, 11) is 3.52. The Kier molecular flexibility index (Phi) is 18.6. The summed E-state index contributed by atoms with van der Waals surface area (Å²) in [5.41, 5.74) is 9.88. The number of methoxy groups -OCH3 is 1. The maximum Gasteiger partial charge on any atom is 0.256 e. The Morgan fingerprint density at radius 1 is 0.718 bits per heavy atom. The number of ether oxygens (including phenoxy) is 3. The van der Waals surface area contributed by atoms with Gasteiger partial charge in [-0.15, -0.1) is 0 Å². The third-order valence-electron chi connectivity index (χ3n) is 17.1. The number of hydrogen-bond donors (Lipinski definition) is 3. The average molecular weight is 1170 g/mol. The van der Waals surface area contributed by atoms with Crippen LogP contribution in [0.1, 0.15) is 125 Å². The summed E-state index contributed by atoms with van der Waals surface area (Å²) in [6.07, 6.45) is 5.26. The zero-order chi connectivity index (χ0) is 60.1. The summed E-state index contributed by atoms with van der Waals surface area (Å²) in [5.74, 6) is -0.995. The van der Waals surface area contributed by atoms with Gasteiger partial charge in [-0.25, -0.2) is 0 Å². The van der Waals surface area contributed by atoms with Crippen LogP contribution in [0, 0.1) is 12.8 Å². The Morgan fingerprint density at radius 3 is 2.01 bits per heavy atom. The number of imide groups is 1. The Bertz CT molecular complexity index is 3440. The van der Waals surface area contributed by atoms with E-state index in [-0.39, 0.29) is 110 Å². The second-order valence-electron chi connectivity index (χ2n) is 23.2. The second-order valence-corrected chi connectivity index (χ2v) is 24.2. The fourth-order valence-corrected chi connectivity index (χ4v) is 12.9. The van der Waals surface area contributed by atoms with Crippen LogP contribution in [0.15, 0.2) is 91.0 Å². The number of thioether (sulfide) groups is 1. The van der Waals surface area contributed by atoms with Crippen LogP contribution in [0.3, 0.4) is 0 Å². The van der Waals surface area contributed by atoms with Gasteiger partial charge in [0.15, 0.2) is 17.3 Å². The number of anilines is 3. The van der Waals surface area contributed by atoms with Crippen LogP contribution in [-0.2, 0) is 67.9 Å². The predicted molar refractivity (Wildman–Crippen MR) is 325 cm³/mol. The number of nitrogens with zero attached hydrogens (tertiary/aromatic N) is 4. The van der Waals surface area contributed by atoms with Crippen molar-refractivity contribution < 1.29 is 52.6 Å². The van der Waals surface area contributed by atoms with E-state index in [2.05, 4.69) is 45.1 Å². The van der Waals surface area contributed by atoms with E-state index in [0.717, 1.165) is 35.2 Å². The van der Waals surface area contributed by atoms with Crippen molar-refractivity contribution in [1.29, 1.82) is 0 Å². The van der Waals surface area contributed by atoms with Crippen molar-refractivity contribution in [2.45, 2.75) is 135 Å². The Morgan fingerprint density at radius 2 is 1.34 bits per heavy atom. The van der Waals surface area contributed by atoms with Crippen LogP contribution in [0.25, 0.3) is 0 Å². The minimum Gasteiger partial charge on any atom is -0.493 e. The van der Waals surface area contributed by atoms with E-state index in [1.807, 2.05) is 72.3 Å². The fourth-order valence-electron chi connectivity index (χ4n) is 12.2. The number of nitrogens with one attached hydrogen (secondary N) is 3. The lowest BCUT2D eigenvalue weighted by Gasteiger charge is -2.36. The van der Waals surface area contributed by atoms with Gasteiger partial charge in [0.25, 0.3) is 11.8 Å². The molecule has 446 valence electrons. The third kappa shape index (κ3) is 13.7. The number of amides is 6. The first-order valence-electron chi connectivity index (χ1n) is 29.4. The van der Waals surface area contributed by atoms with E-state index >= 15 is 0 Å². The lowest BCUT2D eigenvalue weighted by Crippen LogP contribution is -2.47. The SMILES string of the molecule is COc1cc2c(cc1OCc1cc(COc3cc4c(cc3C)C(=O)N3Cc5ccccc5C[C@H]3CN4)cc(NC(=O)[C@H](C)CC(=O)[C@H](C)NC(=O)CCCCC(=O)CCCN3C(=O)CC(SC)C3=O)c1)N(C)CC1Cc3ccccc3CN1C2=O. The molecule has 5 aliphatic rings. The maximum atomic E-state index is 14.3. The lowest BCUT2D eigenvalue weighted by atomic mass is 9.93. The molecule has 5 aromatic carbocycles. The number of likely N-dealkylation sites (tertiary alicyclic amines) is 1. The van der Waals surface area contributed by atoms with Crippen LogP contribution in [-0.4, -0.2) is 125 Å². The van der Waals surface area contributed by atoms with Crippen LogP contribution >= 0.6 is 11.8 Å². The first-order valence-corrected chi connectivity index (χ1v) is 30.7. The zero-order valence-electron chi connectivity index (χ0n) is 49.3. The molecule has 1 fully saturated rings. The summed E-state index contributed by atoms with van der Waals surface area (Å²) in [5, 5.41) is 8.94. The summed E-state index contributed by atoms with van der Waals surface area (Å²) >= 11 is 1.35. The van der Waals surface area contributed by atoms with Gasteiger partial charge >= 0.3 is 0 Å². The van der Waals surface area contributed by atoms with Gasteiger partial charge in [-0.3, -0.25) is 43.3 Å². The van der Waals surface area contributed by atoms with Crippen molar-refractivity contribution in [3.63, 3.8) is 0 Å². The molecule has 0 aromatic heterocycles. The van der Waals surface area contributed by atoms with Crippen LogP contribution in [0.2, 0.25) is 0 Å². The first kappa shape index (κ1) is 60.0. The van der Waals surface area contributed by atoms with E-state index in [9.17, 15) is 38.4 Å². The van der Waals surface area contributed by atoms with E-state index in [1.165, 1.54) is 34.9 Å². The number of benzene rings is 5. The average Bonchev–Trinajstić information content (AvgIpc) is 3.41. The van der Waals surface area contributed by atoms with Crippen molar-refractivity contribution in [3.8, 4) is 17.2 Å². The predicted octanol–water partition coefficient (Wildman–Crippen LogP) is 8.61. The molecule has 0 bridgehead atoms. The van der Waals surface area contributed by atoms with E-state index in [0.29, 0.717) is 96.3 Å². The molecular formula is C66H75N7O11S. The maximum absolute atomic E-state index is 14.3. The molecule has 10 rings (SSSR count). The van der Waals surface area contributed by atoms with E-state index in [1.54, 1.807) is 38.3 Å². The molecule has 2 unspecified atom stereocenters. The number of unbranched alkanes of at least 4 members (excludes halogenated alkanes) is 1. The molecular weight excluding hydrogens is 1100 g/mol. The molecule has 5 heterocycles. The number of ketones is 2. The Balaban J connectivity index is 0.790. The van der Waals surface area contributed by atoms with Gasteiger partial charge in [0.2, 0.25) is 23.6 Å². The third-order valence-corrected chi connectivity index (χ3v) is 18.0. The standard InChI is InChI=1S/C66H75N7O11S/c1-39-22-52-54(67-33-49-27-44-14-7-9-16-46(44)34-72(49)64(52)79)30-57(39)83-37-42-24-43(38-84-59-31-55-53(29-58(59)82-5)65(80)73-35-47-17-10-8-15-45(47)28-50(73)36-70(55)4)26-48(25-42)69-63(78)40(2)23-56(75)41(3)68-61(76)20-12-11-18-51(74)19-13-21-71-62(77)32-60(85-6)66(71)81/h7-10,14-17,22,24-26,29-31,40-41,49-50,60,67H,11-13,18-21,23,27-28,32-38H2,1-6H3,(H,68,76)(H,69,78)/t40-,41+,49+,50?,60?/m1/s1. The van der Waals surface area contributed by atoms with Gasteiger partial charge in [-0.05, 0) is 121 Å². The smallest absolute Gasteiger partial charge is 0.256 e. The van der Waals surface area contributed by atoms with Crippen LogP contribution in [0.4, 0.5) is 17.1 Å². The van der Waals surface area contributed by atoms with Crippen molar-refractivity contribution in [1.82, 2.24) is 20.0 Å². The molecule has 5 aromatic rings. The van der Waals surface area contributed by atoms with Crippen molar-refractivity contribution in [2.24, 2.45) is 5.92 Å².